The van der Waals surface area contributed by atoms with Crippen molar-refractivity contribution < 1.29 is 5.11 Å². The lowest BCUT2D eigenvalue weighted by molar-refractivity contribution is 0.206. The molecule has 14 heavy (non-hydrogen) atoms. The van der Waals surface area contributed by atoms with Crippen molar-refractivity contribution in [3.05, 3.63) is 24.4 Å². The zero-order valence-corrected chi connectivity index (χ0v) is 9.13. The van der Waals surface area contributed by atoms with Crippen LogP contribution in [0.25, 0.3) is 0 Å². The van der Waals surface area contributed by atoms with Crippen molar-refractivity contribution >= 4 is 11.8 Å². The Balaban J connectivity index is 2.29. The third kappa shape index (κ3) is 4.09. The van der Waals surface area contributed by atoms with E-state index < -0.39 is 5.54 Å². The molecule has 0 aliphatic carbocycles. The van der Waals surface area contributed by atoms with E-state index >= 15 is 0 Å². The minimum atomic E-state index is -0.470. The topological polar surface area (TPSA) is 59.1 Å². The summed E-state index contributed by atoms with van der Waals surface area (Å²) in [6, 6.07) is 5.82. The molecule has 0 saturated carbocycles. The molecule has 1 atom stereocenters. The van der Waals surface area contributed by atoms with Crippen LogP contribution in [0, 0.1) is 0 Å². The van der Waals surface area contributed by atoms with Crippen molar-refractivity contribution in [2.75, 3.05) is 12.4 Å². The summed E-state index contributed by atoms with van der Waals surface area (Å²) in [6.07, 6.45) is 2.56. The molecule has 0 radical (unpaired) electrons. The number of aliphatic hydroxyl groups is 1. The maximum atomic E-state index is 8.94. The SMILES string of the molecule is CC(N)(CO)CCSc1ccccn1. The van der Waals surface area contributed by atoms with Gasteiger partial charge in [-0.3, -0.25) is 0 Å². The van der Waals surface area contributed by atoms with Crippen LogP contribution in [0.2, 0.25) is 0 Å². The molecular formula is C10H16N2OS. The lowest BCUT2D eigenvalue weighted by Crippen LogP contribution is -2.40. The van der Waals surface area contributed by atoms with Crippen LogP contribution < -0.4 is 5.73 Å². The van der Waals surface area contributed by atoms with E-state index in [2.05, 4.69) is 4.98 Å². The first-order valence-electron chi connectivity index (χ1n) is 4.58. The van der Waals surface area contributed by atoms with Gasteiger partial charge in [0, 0.05) is 17.5 Å². The Bertz CT molecular complexity index is 264. The second-order valence-electron chi connectivity index (χ2n) is 3.58. The van der Waals surface area contributed by atoms with E-state index in [9.17, 15) is 0 Å². The van der Waals surface area contributed by atoms with Gasteiger partial charge in [-0.05, 0) is 25.5 Å². The second-order valence-corrected chi connectivity index (χ2v) is 4.69. The van der Waals surface area contributed by atoms with Gasteiger partial charge >= 0.3 is 0 Å². The molecule has 1 aromatic rings. The van der Waals surface area contributed by atoms with Crippen molar-refractivity contribution in [3.8, 4) is 0 Å². The summed E-state index contributed by atoms with van der Waals surface area (Å²) in [5.41, 5.74) is 5.33. The molecular weight excluding hydrogens is 196 g/mol. The van der Waals surface area contributed by atoms with Gasteiger partial charge in [-0.2, -0.15) is 0 Å². The first kappa shape index (κ1) is 11.5. The molecule has 4 heteroatoms. The number of nitrogens with zero attached hydrogens (tertiary/aromatic N) is 1. The van der Waals surface area contributed by atoms with Gasteiger partial charge in [-0.15, -0.1) is 11.8 Å². The van der Waals surface area contributed by atoms with Gasteiger partial charge in [0.2, 0.25) is 0 Å². The summed E-state index contributed by atoms with van der Waals surface area (Å²) in [5, 5.41) is 9.94. The highest BCUT2D eigenvalue weighted by Crippen LogP contribution is 2.18. The van der Waals surface area contributed by atoms with Crippen molar-refractivity contribution in [1.29, 1.82) is 0 Å². The van der Waals surface area contributed by atoms with Gasteiger partial charge in [0.15, 0.2) is 0 Å². The Kier molecular flexibility index (Phi) is 4.38. The standard InChI is InChI=1S/C10H16N2OS/c1-10(11,8-13)5-7-14-9-4-2-3-6-12-9/h2-4,6,13H,5,7-8,11H2,1H3. The van der Waals surface area contributed by atoms with Gasteiger partial charge < -0.3 is 10.8 Å². The van der Waals surface area contributed by atoms with Crippen molar-refractivity contribution in [3.63, 3.8) is 0 Å². The largest absolute Gasteiger partial charge is 0.394 e. The maximum Gasteiger partial charge on any atom is 0.0959 e. The minimum Gasteiger partial charge on any atom is -0.394 e. The fourth-order valence-corrected chi connectivity index (χ4v) is 1.99. The Labute approximate surface area is 88.7 Å². The van der Waals surface area contributed by atoms with E-state index in [4.69, 9.17) is 10.8 Å². The lowest BCUT2D eigenvalue weighted by atomic mass is 10.0. The summed E-state index contributed by atoms with van der Waals surface area (Å²) in [4.78, 5) is 4.18. The van der Waals surface area contributed by atoms with Crippen molar-refractivity contribution in [2.45, 2.75) is 23.9 Å². The van der Waals surface area contributed by atoms with Crippen molar-refractivity contribution in [2.24, 2.45) is 5.73 Å². The van der Waals surface area contributed by atoms with Gasteiger partial charge in [0.1, 0.15) is 0 Å². The van der Waals surface area contributed by atoms with E-state index in [1.165, 1.54) is 0 Å². The normalized spacial score (nSPS) is 15.1. The smallest absolute Gasteiger partial charge is 0.0959 e. The summed E-state index contributed by atoms with van der Waals surface area (Å²) in [6.45, 7) is 1.88. The van der Waals surface area contributed by atoms with E-state index in [0.29, 0.717) is 0 Å². The van der Waals surface area contributed by atoms with Crippen LogP contribution in [0.1, 0.15) is 13.3 Å². The average Bonchev–Trinajstić information content (AvgIpc) is 2.19. The lowest BCUT2D eigenvalue weighted by Gasteiger charge is -2.20. The quantitative estimate of drug-likeness (QED) is 0.722. The molecule has 3 nitrogen and oxygen atoms in total. The number of pyridine rings is 1. The zero-order chi connectivity index (χ0) is 10.4. The molecule has 1 rings (SSSR count). The molecule has 1 heterocycles. The minimum absolute atomic E-state index is 0.0236. The van der Waals surface area contributed by atoms with Gasteiger partial charge in [0.25, 0.3) is 0 Å². The van der Waals surface area contributed by atoms with Crippen LogP contribution in [-0.4, -0.2) is 28.0 Å². The van der Waals surface area contributed by atoms with Crippen LogP contribution in [0.4, 0.5) is 0 Å². The third-order valence-electron chi connectivity index (χ3n) is 1.92. The monoisotopic (exact) mass is 212 g/mol. The molecule has 0 bridgehead atoms. The highest BCUT2D eigenvalue weighted by atomic mass is 32.2. The fourth-order valence-electron chi connectivity index (χ4n) is 0.900. The maximum absolute atomic E-state index is 8.94. The molecule has 1 aromatic heterocycles. The van der Waals surface area contributed by atoms with Crippen molar-refractivity contribution in [1.82, 2.24) is 4.98 Å². The van der Waals surface area contributed by atoms with Gasteiger partial charge in [-0.1, -0.05) is 6.07 Å². The molecule has 0 fully saturated rings. The molecule has 1 unspecified atom stereocenters. The summed E-state index contributed by atoms with van der Waals surface area (Å²) < 4.78 is 0. The first-order valence-corrected chi connectivity index (χ1v) is 5.56. The summed E-state index contributed by atoms with van der Waals surface area (Å²) in [7, 11) is 0. The highest BCUT2D eigenvalue weighted by Gasteiger charge is 2.16. The Hall–Kier alpha value is -0.580. The summed E-state index contributed by atoms with van der Waals surface area (Å²) >= 11 is 1.66. The number of hydrogen-bond acceptors (Lipinski definition) is 4. The van der Waals surface area contributed by atoms with Gasteiger partial charge in [-0.25, -0.2) is 4.98 Å². The van der Waals surface area contributed by atoms with E-state index in [1.54, 1.807) is 18.0 Å². The number of aromatic nitrogens is 1. The van der Waals surface area contributed by atoms with Crippen LogP contribution >= 0.6 is 11.8 Å². The van der Waals surface area contributed by atoms with E-state index in [-0.39, 0.29) is 6.61 Å². The molecule has 0 amide bonds. The van der Waals surface area contributed by atoms with E-state index in [0.717, 1.165) is 17.2 Å². The van der Waals surface area contributed by atoms with Crippen LogP contribution in [0.15, 0.2) is 29.4 Å². The number of aliphatic hydroxyl groups excluding tert-OH is 1. The molecule has 0 aliphatic rings. The first-order chi connectivity index (χ1) is 6.64. The fraction of sp³-hybridized carbons (Fsp3) is 0.500. The van der Waals surface area contributed by atoms with E-state index in [1.807, 2.05) is 25.1 Å². The molecule has 78 valence electrons. The number of hydrogen-bond donors (Lipinski definition) is 2. The van der Waals surface area contributed by atoms with Gasteiger partial charge in [0.05, 0.1) is 11.6 Å². The molecule has 0 aliphatic heterocycles. The van der Waals surface area contributed by atoms with Crippen LogP contribution in [0.3, 0.4) is 0 Å². The molecule has 0 aromatic carbocycles. The Morgan fingerprint density at radius 2 is 2.36 bits per heavy atom. The Morgan fingerprint density at radius 3 is 2.93 bits per heavy atom. The predicted molar refractivity (Wildman–Crippen MR) is 59.3 cm³/mol. The average molecular weight is 212 g/mol. The Morgan fingerprint density at radius 1 is 1.57 bits per heavy atom. The molecule has 0 spiro atoms. The predicted octanol–water partition coefficient (Wildman–Crippen LogP) is 1.27. The number of nitrogens with two attached hydrogens (primary N) is 1. The number of thioether (sulfide) groups is 1. The number of rotatable bonds is 5. The zero-order valence-electron chi connectivity index (χ0n) is 8.31. The summed E-state index contributed by atoms with van der Waals surface area (Å²) in [5.74, 6) is 0.880. The van der Waals surface area contributed by atoms with Crippen LogP contribution in [0.5, 0.6) is 0 Å². The second kappa shape index (κ2) is 5.34. The molecule has 3 N–H and O–H groups in total. The highest BCUT2D eigenvalue weighted by molar-refractivity contribution is 7.99. The third-order valence-corrected chi connectivity index (χ3v) is 2.87. The molecule has 0 saturated heterocycles. The van der Waals surface area contributed by atoms with Crippen LogP contribution in [-0.2, 0) is 0 Å².